The topological polar surface area (TPSA) is 107 Å². The highest BCUT2D eigenvalue weighted by Crippen LogP contribution is 2.57. The Hall–Kier alpha value is -3.26. The maximum atomic E-state index is 13.2. The number of benzene rings is 1. The van der Waals surface area contributed by atoms with E-state index in [2.05, 4.69) is 4.98 Å². The molecule has 150 valence electrons. The normalized spacial score (nSPS) is 33.8. The third-order valence-corrected chi connectivity index (χ3v) is 6.90. The molecule has 2 aromatic rings. The molecule has 30 heavy (non-hydrogen) atoms. The van der Waals surface area contributed by atoms with Crippen LogP contribution in [-0.4, -0.2) is 28.7 Å². The molecule has 2 amide bonds. The summed E-state index contributed by atoms with van der Waals surface area (Å²) in [6.07, 6.45) is 4.92. The van der Waals surface area contributed by atoms with E-state index in [4.69, 9.17) is 20.8 Å². The predicted molar refractivity (Wildman–Crippen MR) is 101 cm³/mol. The number of halogens is 1. The fraction of sp³-hybridized carbons (Fsp3) is 0.286. The molecule has 1 aromatic carbocycles. The van der Waals surface area contributed by atoms with Crippen molar-refractivity contribution in [2.45, 2.75) is 0 Å². The first-order valence-corrected chi connectivity index (χ1v) is 9.87. The molecule has 1 aromatic heterocycles. The van der Waals surface area contributed by atoms with E-state index in [1.807, 2.05) is 0 Å². The summed E-state index contributed by atoms with van der Waals surface area (Å²) in [5.41, 5.74) is 0.582. The van der Waals surface area contributed by atoms with Gasteiger partial charge in [-0.15, -0.1) is 0 Å². The van der Waals surface area contributed by atoms with E-state index < -0.39 is 59.3 Å². The third kappa shape index (κ3) is 2.09. The molecule has 0 N–H and O–H groups in total. The van der Waals surface area contributed by atoms with Gasteiger partial charge in [0.2, 0.25) is 11.8 Å². The van der Waals surface area contributed by atoms with E-state index in [1.165, 1.54) is 6.20 Å². The highest BCUT2D eigenvalue weighted by atomic mass is 35.5. The largest absolute Gasteiger partial charge is 0.423 e. The summed E-state index contributed by atoms with van der Waals surface area (Å²) in [6, 6.07) is 6.84. The molecule has 5 aliphatic rings. The van der Waals surface area contributed by atoms with E-state index in [0.29, 0.717) is 16.3 Å². The number of nitrogens with zero attached hydrogens (tertiary/aromatic N) is 2. The van der Waals surface area contributed by atoms with Crippen molar-refractivity contribution in [1.82, 2.24) is 4.98 Å². The Morgan fingerprint density at radius 2 is 1.47 bits per heavy atom. The van der Waals surface area contributed by atoms with Crippen molar-refractivity contribution >= 4 is 41.4 Å². The van der Waals surface area contributed by atoms with Crippen molar-refractivity contribution in [1.29, 1.82) is 0 Å². The highest BCUT2D eigenvalue weighted by molar-refractivity contribution is 6.33. The quantitative estimate of drug-likeness (QED) is 0.315. The average Bonchev–Trinajstić information content (AvgIpc) is 3.40. The summed E-state index contributed by atoms with van der Waals surface area (Å²) in [7, 11) is 0. The molecule has 2 aliphatic heterocycles. The van der Waals surface area contributed by atoms with Gasteiger partial charge in [-0.2, -0.15) is 0 Å². The number of ether oxygens (including phenoxy) is 1. The van der Waals surface area contributed by atoms with E-state index in [9.17, 15) is 19.2 Å². The first kappa shape index (κ1) is 17.6. The Morgan fingerprint density at radius 1 is 0.867 bits per heavy atom. The molecule has 6 unspecified atom stereocenters. The second kappa shape index (κ2) is 5.89. The molecule has 3 heterocycles. The number of allylic oxidation sites excluding steroid dienone is 2. The zero-order valence-electron chi connectivity index (χ0n) is 15.2. The number of hydrogen-bond donors (Lipinski definition) is 0. The summed E-state index contributed by atoms with van der Waals surface area (Å²) >= 11 is 6.19. The molecule has 0 radical (unpaired) electrons. The SMILES string of the molecule is O=C1OC(=O)C2C3C=CC(C12)C1C(=O)N(c2ncc(-c4ccccc4Cl)o2)C(=O)C31. The second-order valence-electron chi connectivity index (χ2n) is 7.88. The average molecular weight is 425 g/mol. The minimum Gasteiger partial charge on any atom is -0.423 e. The van der Waals surface area contributed by atoms with Gasteiger partial charge in [0.05, 0.1) is 34.9 Å². The smallest absolute Gasteiger partial charge is 0.318 e. The molecule has 3 fully saturated rings. The number of amides is 2. The lowest BCUT2D eigenvalue weighted by Gasteiger charge is -2.43. The van der Waals surface area contributed by atoms with Crippen molar-refractivity contribution in [3.05, 3.63) is 47.6 Å². The minimum absolute atomic E-state index is 0.146. The minimum atomic E-state index is -0.747. The number of carbonyl (C=O) groups excluding carboxylic acids is 4. The maximum Gasteiger partial charge on any atom is 0.318 e. The van der Waals surface area contributed by atoms with Gasteiger partial charge < -0.3 is 9.15 Å². The summed E-state index contributed by atoms with van der Waals surface area (Å²) in [5, 5.41) is 0.444. The van der Waals surface area contributed by atoms with Crippen LogP contribution in [0.15, 0.2) is 47.0 Å². The van der Waals surface area contributed by atoms with E-state index in [1.54, 1.807) is 36.4 Å². The van der Waals surface area contributed by atoms with E-state index in [0.717, 1.165) is 4.90 Å². The van der Waals surface area contributed by atoms with E-state index in [-0.39, 0.29) is 6.01 Å². The van der Waals surface area contributed by atoms with Gasteiger partial charge in [0.15, 0.2) is 5.76 Å². The number of aromatic nitrogens is 1. The van der Waals surface area contributed by atoms with Gasteiger partial charge >= 0.3 is 18.0 Å². The lowest BCUT2D eigenvalue weighted by atomic mass is 9.54. The number of hydrogen-bond acceptors (Lipinski definition) is 7. The first-order valence-electron chi connectivity index (χ1n) is 9.50. The summed E-state index contributed by atoms with van der Waals surface area (Å²) in [4.78, 5) is 55.9. The Morgan fingerprint density at radius 3 is 2.07 bits per heavy atom. The number of esters is 2. The molecule has 0 spiro atoms. The summed E-state index contributed by atoms with van der Waals surface area (Å²) in [6.45, 7) is 0. The van der Waals surface area contributed by atoms with Crippen molar-refractivity contribution < 1.29 is 28.3 Å². The van der Waals surface area contributed by atoms with Crippen molar-refractivity contribution in [3.63, 3.8) is 0 Å². The molecular weight excluding hydrogens is 412 g/mol. The lowest BCUT2D eigenvalue weighted by Crippen LogP contribution is -2.50. The first-order chi connectivity index (χ1) is 14.5. The number of cyclic esters (lactones) is 2. The van der Waals surface area contributed by atoms with Crippen molar-refractivity contribution in [2.24, 2.45) is 35.5 Å². The van der Waals surface area contributed by atoms with Gasteiger partial charge in [-0.25, -0.2) is 9.88 Å². The number of imide groups is 1. The Balaban J connectivity index is 1.39. The van der Waals surface area contributed by atoms with Crippen LogP contribution in [0.2, 0.25) is 5.02 Å². The lowest BCUT2D eigenvalue weighted by molar-refractivity contribution is -0.154. The van der Waals surface area contributed by atoms with Crippen LogP contribution in [0.3, 0.4) is 0 Å². The van der Waals surface area contributed by atoms with Crippen molar-refractivity contribution in [3.8, 4) is 11.3 Å². The zero-order valence-corrected chi connectivity index (χ0v) is 16.0. The van der Waals surface area contributed by atoms with Crippen LogP contribution >= 0.6 is 11.6 Å². The molecule has 7 rings (SSSR count). The van der Waals surface area contributed by atoms with Crippen LogP contribution in [0.4, 0.5) is 6.01 Å². The molecule has 6 atom stereocenters. The zero-order chi connectivity index (χ0) is 20.7. The molecule has 3 aliphatic carbocycles. The van der Waals surface area contributed by atoms with Gasteiger partial charge in [0.25, 0.3) is 0 Å². The van der Waals surface area contributed by atoms with Crippen LogP contribution in [0, 0.1) is 35.5 Å². The number of oxazole rings is 1. The second-order valence-corrected chi connectivity index (χ2v) is 8.29. The Bertz CT molecular complexity index is 1140. The monoisotopic (exact) mass is 424 g/mol. The molecule has 2 bridgehead atoms. The highest BCUT2D eigenvalue weighted by Gasteiger charge is 2.68. The Kier molecular flexibility index (Phi) is 3.45. The van der Waals surface area contributed by atoms with Gasteiger partial charge in [-0.1, -0.05) is 35.9 Å². The molecule has 9 heteroatoms. The number of rotatable bonds is 2. The third-order valence-electron chi connectivity index (χ3n) is 6.57. The van der Waals surface area contributed by atoms with Gasteiger partial charge in [-0.3, -0.25) is 19.2 Å². The fourth-order valence-corrected chi connectivity index (χ4v) is 5.60. The van der Waals surface area contributed by atoms with Crippen LogP contribution in [-0.2, 0) is 23.9 Å². The van der Waals surface area contributed by atoms with E-state index >= 15 is 0 Å². The van der Waals surface area contributed by atoms with Crippen molar-refractivity contribution in [2.75, 3.05) is 4.90 Å². The van der Waals surface area contributed by atoms with Gasteiger partial charge in [0, 0.05) is 17.4 Å². The van der Waals surface area contributed by atoms with Gasteiger partial charge in [0.1, 0.15) is 0 Å². The van der Waals surface area contributed by atoms with Crippen LogP contribution in [0.1, 0.15) is 0 Å². The van der Waals surface area contributed by atoms with Gasteiger partial charge in [-0.05, 0) is 12.1 Å². The maximum absolute atomic E-state index is 13.2. The van der Waals surface area contributed by atoms with Crippen LogP contribution in [0.25, 0.3) is 11.3 Å². The van der Waals surface area contributed by atoms with Crippen LogP contribution in [0.5, 0.6) is 0 Å². The standard InChI is InChI=1S/C21H13ClN2O6/c22-11-4-2-1-3-8(11)12-7-23-21(29-12)24-17(25)13-9-5-6-10(14(13)18(24)26)16-15(9)19(27)30-20(16)28/h1-7,9-10,13-16H. The summed E-state index contributed by atoms with van der Waals surface area (Å²) < 4.78 is 10.5. The number of carbonyl (C=O) groups is 4. The molecule has 8 nitrogen and oxygen atoms in total. The number of anilines is 1. The molecular formula is C21H13ClN2O6. The summed E-state index contributed by atoms with van der Waals surface area (Å²) in [5.74, 6) is -5.98. The molecule has 2 saturated heterocycles. The van der Waals surface area contributed by atoms with Crippen LogP contribution < -0.4 is 4.90 Å². The fourth-order valence-electron chi connectivity index (χ4n) is 5.37. The molecule has 1 saturated carbocycles. The Labute approximate surface area is 174 Å². The predicted octanol–water partition coefficient (Wildman–Crippen LogP) is 2.23.